The number of hydrogen-bond donors (Lipinski definition) is 1. The number of ether oxygens (including phenoxy) is 1. The van der Waals surface area contributed by atoms with E-state index >= 15 is 0 Å². The molecule has 0 aliphatic heterocycles. The molecule has 3 aromatic heterocycles. The normalized spacial score (nSPS) is 14.3. The van der Waals surface area contributed by atoms with Crippen molar-refractivity contribution >= 4 is 39.1 Å². The van der Waals surface area contributed by atoms with Gasteiger partial charge in [-0.05, 0) is 37.6 Å². The van der Waals surface area contributed by atoms with Crippen LogP contribution in [0.25, 0.3) is 10.2 Å². The van der Waals surface area contributed by atoms with Gasteiger partial charge < -0.3 is 14.6 Å². The van der Waals surface area contributed by atoms with Crippen LogP contribution in [0.2, 0.25) is 0 Å². The molecule has 3 heterocycles. The van der Waals surface area contributed by atoms with Crippen LogP contribution in [0.4, 0.5) is 5.69 Å². The molecule has 1 aromatic carbocycles. The smallest absolute Gasteiger partial charge is 0.350 e. The van der Waals surface area contributed by atoms with E-state index in [0.29, 0.717) is 28.5 Å². The molecule has 4 aromatic rings. The van der Waals surface area contributed by atoms with E-state index in [1.54, 1.807) is 6.26 Å². The van der Waals surface area contributed by atoms with Crippen LogP contribution in [0.5, 0.6) is 0 Å². The Morgan fingerprint density at radius 2 is 1.88 bits per heavy atom. The summed E-state index contributed by atoms with van der Waals surface area (Å²) in [5.74, 6) is -0.604. The Hall–Kier alpha value is -3.56. The fourth-order valence-corrected chi connectivity index (χ4v) is 5.22. The van der Waals surface area contributed by atoms with Crippen LogP contribution in [-0.2, 0) is 28.0 Å². The lowest BCUT2D eigenvalue weighted by Crippen LogP contribution is -2.28. The average molecular weight is 477 g/mol. The first-order chi connectivity index (χ1) is 16.5. The zero-order chi connectivity index (χ0) is 23.7. The molecule has 9 heteroatoms. The van der Waals surface area contributed by atoms with E-state index < -0.39 is 11.4 Å². The molecule has 8 nitrogen and oxygen atoms in total. The fraction of sp³-hybridized carbons (Fsp3) is 0.280. The molecule has 1 fully saturated rings. The molecular formula is C25H24N4O4S. The lowest BCUT2D eigenvalue weighted by molar-refractivity contribution is -0.118. The summed E-state index contributed by atoms with van der Waals surface area (Å²) in [6, 6.07) is 15.4. The van der Waals surface area contributed by atoms with Crippen LogP contribution < -0.4 is 5.32 Å². The van der Waals surface area contributed by atoms with E-state index in [4.69, 9.17) is 14.2 Å². The number of methoxy groups -OCH3 is 1. The highest BCUT2D eigenvalue weighted by molar-refractivity contribution is 7.21. The summed E-state index contributed by atoms with van der Waals surface area (Å²) in [6.07, 6.45) is 3.10. The van der Waals surface area contributed by atoms with Crippen molar-refractivity contribution in [2.45, 2.75) is 31.3 Å². The van der Waals surface area contributed by atoms with Crippen molar-refractivity contribution in [1.82, 2.24) is 15.0 Å². The molecule has 0 bridgehead atoms. The van der Waals surface area contributed by atoms with E-state index in [1.165, 1.54) is 18.4 Å². The fourth-order valence-electron chi connectivity index (χ4n) is 4.16. The van der Waals surface area contributed by atoms with Gasteiger partial charge in [0.25, 0.3) is 0 Å². The van der Waals surface area contributed by atoms with E-state index in [2.05, 4.69) is 15.4 Å². The van der Waals surface area contributed by atoms with Gasteiger partial charge in [0.05, 0.1) is 29.6 Å². The molecule has 0 atom stereocenters. The van der Waals surface area contributed by atoms with Gasteiger partial charge in [-0.3, -0.25) is 9.69 Å². The third-order valence-corrected chi connectivity index (χ3v) is 7.17. The number of amides is 1. The summed E-state index contributed by atoms with van der Waals surface area (Å²) in [7, 11) is 3.31. The maximum absolute atomic E-state index is 13.4. The highest BCUT2D eigenvalue weighted by atomic mass is 32.1. The molecule has 0 saturated heterocycles. The monoisotopic (exact) mass is 476 g/mol. The highest BCUT2D eigenvalue weighted by Crippen LogP contribution is 2.49. The van der Waals surface area contributed by atoms with Gasteiger partial charge >= 0.3 is 5.97 Å². The molecule has 1 aliphatic carbocycles. The van der Waals surface area contributed by atoms with Crippen molar-refractivity contribution in [3.05, 3.63) is 76.6 Å². The van der Waals surface area contributed by atoms with Crippen molar-refractivity contribution in [3.8, 4) is 0 Å². The molecule has 0 radical (unpaired) electrons. The maximum Gasteiger partial charge on any atom is 0.350 e. The second-order valence-electron chi connectivity index (χ2n) is 8.52. The Morgan fingerprint density at radius 3 is 2.56 bits per heavy atom. The number of hydrogen-bond acceptors (Lipinski definition) is 8. The molecular weight excluding hydrogens is 452 g/mol. The lowest BCUT2D eigenvalue weighted by atomic mass is 9.95. The second kappa shape index (κ2) is 9.00. The predicted molar refractivity (Wildman–Crippen MR) is 129 cm³/mol. The minimum Gasteiger partial charge on any atom is -0.465 e. The SMILES string of the molecule is COC(=O)c1sc2nc(CN(C)Cc3ccon3)ccc2c1NC(=O)C1(c2ccccc2)CC1. The first-order valence-corrected chi connectivity index (χ1v) is 11.8. The number of thiophene rings is 1. The topological polar surface area (TPSA) is 97.6 Å². The summed E-state index contributed by atoms with van der Waals surface area (Å²) in [6.45, 7) is 1.21. The standard InChI is InChI=1S/C25H24N4O4S/c1-29(15-18-10-13-33-28-18)14-17-8-9-19-20(21(23(30)32-2)34-22(19)26-17)27-24(31)25(11-12-25)16-6-4-3-5-7-16/h3-10,13H,11-12,14-15H2,1-2H3,(H,27,31). The molecule has 34 heavy (non-hydrogen) atoms. The molecule has 1 amide bonds. The molecule has 0 spiro atoms. The number of pyridine rings is 1. The van der Waals surface area contributed by atoms with Gasteiger partial charge in [0.2, 0.25) is 5.91 Å². The Bertz CT molecular complexity index is 1330. The number of carbonyl (C=O) groups excluding carboxylic acids is 2. The van der Waals surface area contributed by atoms with E-state index in [0.717, 1.165) is 35.2 Å². The van der Waals surface area contributed by atoms with Crippen LogP contribution in [0.3, 0.4) is 0 Å². The van der Waals surface area contributed by atoms with Crippen LogP contribution >= 0.6 is 11.3 Å². The number of esters is 1. The van der Waals surface area contributed by atoms with Crippen molar-refractivity contribution < 1.29 is 18.8 Å². The summed E-state index contributed by atoms with van der Waals surface area (Å²) < 4.78 is 9.89. The van der Waals surface area contributed by atoms with Gasteiger partial charge in [0.15, 0.2) is 0 Å². The van der Waals surface area contributed by atoms with Gasteiger partial charge in [-0.2, -0.15) is 0 Å². The second-order valence-corrected chi connectivity index (χ2v) is 9.52. The molecule has 5 rings (SSSR count). The number of nitrogens with zero attached hydrogens (tertiary/aromatic N) is 3. The van der Waals surface area contributed by atoms with Crippen LogP contribution in [0.15, 0.2) is 59.3 Å². The number of aromatic nitrogens is 2. The lowest BCUT2D eigenvalue weighted by Gasteiger charge is -2.16. The Balaban J connectivity index is 1.42. The van der Waals surface area contributed by atoms with Crippen molar-refractivity contribution in [1.29, 1.82) is 0 Å². The number of nitrogens with one attached hydrogen (secondary N) is 1. The number of rotatable bonds is 8. The van der Waals surface area contributed by atoms with Gasteiger partial charge in [-0.15, -0.1) is 11.3 Å². The molecule has 174 valence electrons. The first kappa shape index (κ1) is 22.2. The minimum absolute atomic E-state index is 0.111. The summed E-state index contributed by atoms with van der Waals surface area (Å²) >= 11 is 1.23. The first-order valence-electron chi connectivity index (χ1n) is 11.0. The van der Waals surface area contributed by atoms with E-state index in [1.807, 2.05) is 55.6 Å². The Labute approximate surface area is 200 Å². The largest absolute Gasteiger partial charge is 0.465 e. The van der Waals surface area contributed by atoms with Crippen LogP contribution in [0.1, 0.15) is 39.5 Å². The summed E-state index contributed by atoms with van der Waals surface area (Å²) in [5, 5.41) is 7.71. The van der Waals surface area contributed by atoms with E-state index in [9.17, 15) is 9.59 Å². The number of anilines is 1. The van der Waals surface area contributed by atoms with Gasteiger partial charge in [-0.1, -0.05) is 35.5 Å². The van der Waals surface area contributed by atoms with Gasteiger partial charge in [0.1, 0.15) is 16.0 Å². The van der Waals surface area contributed by atoms with Gasteiger partial charge in [-0.25, -0.2) is 9.78 Å². The third kappa shape index (κ3) is 4.20. The van der Waals surface area contributed by atoms with Gasteiger partial charge in [0, 0.05) is 24.5 Å². The van der Waals surface area contributed by atoms with Crippen molar-refractivity contribution in [3.63, 3.8) is 0 Å². The third-order valence-electron chi connectivity index (χ3n) is 6.09. The molecule has 1 saturated carbocycles. The minimum atomic E-state index is -0.555. The summed E-state index contributed by atoms with van der Waals surface area (Å²) in [5.41, 5.74) is 2.58. The molecule has 1 N–H and O–H groups in total. The Morgan fingerprint density at radius 1 is 1.12 bits per heavy atom. The quantitative estimate of drug-likeness (QED) is 0.377. The number of carbonyl (C=O) groups is 2. The molecule has 1 aliphatic rings. The zero-order valence-electron chi connectivity index (χ0n) is 18.9. The molecule has 0 unspecified atom stereocenters. The zero-order valence-corrected chi connectivity index (χ0v) is 19.7. The Kier molecular flexibility index (Phi) is 5.89. The predicted octanol–water partition coefficient (Wildman–Crippen LogP) is 4.37. The van der Waals surface area contributed by atoms with Crippen molar-refractivity contribution in [2.75, 3.05) is 19.5 Å². The number of fused-ring (bicyclic) bond motifs is 1. The van der Waals surface area contributed by atoms with Crippen molar-refractivity contribution in [2.24, 2.45) is 0 Å². The summed E-state index contributed by atoms with van der Waals surface area (Å²) in [4.78, 5) is 33.8. The van der Waals surface area contributed by atoms with E-state index in [-0.39, 0.29) is 5.91 Å². The number of benzene rings is 1. The van der Waals surface area contributed by atoms with Crippen LogP contribution in [-0.4, -0.2) is 41.1 Å². The van der Waals surface area contributed by atoms with Crippen LogP contribution in [0, 0.1) is 0 Å². The maximum atomic E-state index is 13.4. The average Bonchev–Trinajstić information content (AvgIpc) is 3.38. The highest BCUT2D eigenvalue weighted by Gasteiger charge is 2.51.